The van der Waals surface area contributed by atoms with Crippen LogP contribution >= 0.6 is 0 Å². The van der Waals surface area contributed by atoms with Crippen LogP contribution in [0.2, 0.25) is 0 Å². The van der Waals surface area contributed by atoms with Gasteiger partial charge < -0.3 is 14.8 Å². The van der Waals surface area contributed by atoms with Crippen LogP contribution in [0.1, 0.15) is 27.0 Å². The number of rotatable bonds is 8. The summed E-state index contributed by atoms with van der Waals surface area (Å²) in [4.78, 5) is 13.4. The summed E-state index contributed by atoms with van der Waals surface area (Å²) in [6.07, 6.45) is 1.11. The van der Waals surface area contributed by atoms with Crippen molar-refractivity contribution in [1.29, 1.82) is 0 Å². The summed E-state index contributed by atoms with van der Waals surface area (Å²) >= 11 is 0. The van der Waals surface area contributed by atoms with E-state index in [4.69, 9.17) is 9.47 Å². The molecule has 0 atom stereocenters. The molecule has 3 rings (SSSR count). The van der Waals surface area contributed by atoms with Gasteiger partial charge in [0.05, 0.1) is 38.3 Å². The van der Waals surface area contributed by atoms with Crippen LogP contribution in [0.5, 0.6) is 11.5 Å². The Morgan fingerprint density at radius 1 is 0.909 bits per heavy atom. The average Bonchev–Trinajstić information content (AvgIpc) is 2.75. The van der Waals surface area contributed by atoms with Crippen LogP contribution in [0.4, 0.5) is 11.4 Å². The summed E-state index contributed by atoms with van der Waals surface area (Å²) in [6.45, 7) is 3.94. The van der Waals surface area contributed by atoms with Gasteiger partial charge in [0.1, 0.15) is 0 Å². The Kier molecular flexibility index (Phi) is 7.28. The first kappa shape index (κ1) is 24.1. The summed E-state index contributed by atoms with van der Waals surface area (Å²) in [5.41, 5.74) is 3.74. The third-order valence-electron chi connectivity index (χ3n) is 5.06. The van der Waals surface area contributed by atoms with E-state index in [1.807, 2.05) is 62.4 Å². The molecule has 0 aromatic heterocycles. The van der Waals surface area contributed by atoms with E-state index in [-0.39, 0.29) is 17.8 Å². The summed E-state index contributed by atoms with van der Waals surface area (Å²) in [7, 11) is -0.829. The van der Waals surface area contributed by atoms with Gasteiger partial charge in [-0.3, -0.25) is 9.10 Å². The second-order valence-corrected chi connectivity index (χ2v) is 9.72. The quantitative estimate of drug-likeness (QED) is 0.525. The highest BCUT2D eigenvalue weighted by Crippen LogP contribution is 2.37. The van der Waals surface area contributed by atoms with Crippen molar-refractivity contribution in [3.05, 3.63) is 82.9 Å². The Labute approximate surface area is 195 Å². The van der Waals surface area contributed by atoms with Gasteiger partial charge in [-0.15, -0.1) is 0 Å². The van der Waals surface area contributed by atoms with Crippen LogP contribution in [-0.2, 0) is 16.6 Å². The first-order valence-corrected chi connectivity index (χ1v) is 12.1. The molecule has 0 saturated heterocycles. The second-order valence-electron chi connectivity index (χ2n) is 7.81. The van der Waals surface area contributed by atoms with Crippen LogP contribution in [0.3, 0.4) is 0 Å². The van der Waals surface area contributed by atoms with Gasteiger partial charge in [0.25, 0.3) is 5.91 Å². The molecule has 1 N–H and O–H groups in total. The minimum absolute atomic E-state index is 0.0546. The van der Waals surface area contributed by atoms with E-state index < -0.39 is 15.9 Å². The van der Waals surface area contributed by atoms with E-state index in [1.54, 1.807) is 0 Å². The third kappa shape index (κ3) is 5.84. The van der Waals surface area contributed by atoms with Crippen molar-refractivity contribution < 1.29 is 22.7 Å². The molecule has 0 aliphatic carbocycles. The van der Waals surface area contributed by atoms with Gasteiger partial charge in [0.2, 0.25) is 10.0 Å². The van der Waals surface area contributed by atoms with Gasteiger partial charge in [0, 0.05) is 11.8 Å². The fraction of sp³-hybridized carbons (Fsp3) is 0.240. The zero-order chi connectivity index (χ0) is 24.2. The number of amides is 1. The van der Waals surface area contributed by atoms with Crippen LogP contribution in [-0.4, -0.2) is 34.8 Å². The van der Waals surface area contributed by atoms with Crippen molar-refractivity contribution >= 4 is 27.3 Å². The summed E-state index contributed by atoms with van der Waals surface area (Å²) in [6, 6.07) is 17.9. The number of ether oxygens (including phenoxy) is 2. The Hall–Kier alpha value is -3.52. The van der Waals surface area contributed by atoms with E-state index in [1.165, 1.54) is 30.7 Å². The van der Waals surface area contributed by atoms with Gasteiger partial charge in [0.15, 0.2) is 11.5 Å². The number of nitrogens with one attached hydrogen (secondary N) is 1. The van der Waals surface area contributed by atoms with Gasteiger partial charge >= 0.3 is 0 Å². The highest BCUT2D eigenvalue weighted by molar-refractivity contribution is 7.92. The van der Waals surface area contributed by atoms with Crippen molar-refractivity contribution in [2.45, 2.75) is 20.4 Å². The van der Waals surface area contributed by atoms with Gasteiger partial charge in [-0.1, -0.05) is 36.4 Å². The zero-order valence-corrected chi connectivity index (χ0v) is 20.2. The third-order valence-corrected chi connectivity index (χ3v) is 6.19. The summed E-state index contributed by atoms with van der Waals surface area (Å²) < 4.78 is 37.6. The number of carbonyl (C=O) groups excluding carboxylic acids is 1. The lowest BCUT2D eigenvalue weighted by molar-refractivity contribution is 0.102. The molecule has 0 fully saturated rings. The number of anilines is 2. The molecule has 7 nitrogen and oxygen atoms in total. The average molecular weight is 469 g/mol. The van der Waals surface area contributed by atoms with Crippen molar-refractivity contribution in [2.24, 2.45) is 0 Å². The maximum absolute atomic E-state index is 13.4. The maximum atomic E-state index is 13.4. The molecule has 0 aliphatic rings. The number of sulfonamides is 1. The fourth-order valence-corrected chi connectivity index (χ4v) is 4.52. The molecule has 0 unspecified atom stereocenters. The second kappa shape index (κ2) is 9.95. The molecule has 174 valence electrons. The molecule has 0 heterocycles. The van der Waals surface area contributed by atoms with Gasteiger partial charge in [-0.05, 0) is 48.7 Å². The zero-order valence-electron chi connectivity index (χ0n) is 19.4. The number of benzene rings is 3. The molecule has 8 heteroatoms. The Morgan fingerprint density at radius 3 is 2.03 bits per heavy atom. The Balaban J connectivity index is 2.14. The molecule has 1 amide bonds. The first-order chi connectivity index (χ1) is 15.6. The highest BCUT2D eigenvalue weighted by Gasteiger charge is 2.26. The minimum Gasteiger partial charge on any atom is -0.493 e. The molecule has 0 spiro atoms. The van der Waals surface area contributed by atoms with Crippen LogP contribution in [0, 0.1) is 13.8 Å². The maximum Gasteiger partial charge on any atom is 0.257 e. The normalized spacial score (nSPS) is 11.1. The Bertz CT molecular complexity index is 1240. The van der Waals surface area contributed by atoms with E-state index >= 15 is 0 Å². The highest BCUT2D eigenvalue weighted by atomic mass is 32.2. The first-order valence-electron chi connectivity index (χ1n) is 10.3. The lowest BCUT2D eigenvalue weighted by Crippen LogP contribution is -2.31. The predicted octanol–water partition coefficient (Wildman–Crippen LogP) is 4.54. The van der Waals surface area contributed by atoms with Crippen LogP contribution < -0.4 is 19.1 Å². The van der Waals surface area contributed by atoms with Crippen molar-refractivity contribution in [3.8, 4) is 11.5 Å². The van der Waals surface area contributed by atoms with Gasteiger partial charge in [-0.2, -0.15) is 0 Å². The SMILES string of the molecule is COc1cc(C(=O)Nc2cc(C)cc(C)c2)c(N(Cc2ccccc2)S(C)(=O)=O)cc1OC. The smallest absolute Gasteiger partial charge is 0.257 e. The summed E-state index contributed by atoms with van der Waals surface area (Å²) in [5.74, 6) is 0.176. The molecular weight excluding hydrogens is 440 g/mol. The van der Waals surface area contributed by atoms with Crippen molar-refractivity contribution in [2.75, 3.05) is 30.1 Å². The number of carbonyl (C=O) groups is 1. The standard InChI is InChI=1S/C25H28N2O5S/c1-17-11-18(2)13-20(12-17)26-25(28)21-14-23(31-3)24(32-4)15-22(21)27(33(5,29)30)16-19-9-7-6-8-10-19/h6-15H,16H2,1-5H3,(H,26,28). The number of hydrogen-bond acceptors (Lipinski definition) is 5. The van der Waals surface area contributed by atoms with Crippen LogP contribution in [0.25, 0.3) is 0 Å². The fourth-order valence-electron chi connectivity index (χ4n) is 3.63. The molecule has 0 radical (unpaired) electrons. The molecule has 3 aromatic carbocycles. The molecule has 0 bridgehead atoms. The van der Waals surface area contributed by atoms with E-state index in [0.29, 0.717) is 17.2 Å². The van der Waals surface area contributed by atoms with Gasteiger partial charge in [-0.25, -0.2) is 8.42 Å². The molecule has 0 saturated carbocycles. The van der Waals surface area contributed by atoms with E-state index in [2.05, 4.69) is 5.32 Å². The number of nitrogens with zero attached hydrogens (tertiary/aromatic N) is 1. The monoisotopic (exact) mass is 468 g/mol. The largest absolute Gasteiger partial charge is 0.493 e. The minimum atomic E-state index is -3.75. The molecule has 33 heavy (non-hydrogen) atoms. The molecule has 0 aliphatic heterocycles. The van der Waals surface area contributed by atoms with Crippen molar-refractivity contribution in [3.63, 3.8) is 0 Å². The topological polar surface area (TPSA) is 84.9 Å². The molecule has 3 aromatic rings. The summed E-state index contributed by atoms with van der Waals surface area (Å²) in [5, 5.41) is 2.88. The van der Waals surface area contributed by atoms with E-state index in [0.717, 1.165) is 22.9 Å². The Morgan fingerprint density at radius 2 is 1.48 bits per heavy atom. The van der Waals surface area contributed by atoms with E-state index in [9.17, 15) is 13.2 Å². The lowest BCUT2D eigenvalue weighted by atomic mass is 10.1. The lowest BCUT2D eigenvalue weighted by Gasteiger charge is -2.26. The number of hydrogen-bond donors (Lipinski definition) is 1. The van der Waals surface area contributed by atoms with Crippen molar-refractivity contribution in [1.82, 2.24) is 0 Å². The molecular formula is C25H28N2O5S. The number of methoxy groups -OCH3 is 2. The predicted molar refractivity (Wildman–Crippen MR) is 131 cm³/mol. The number of aryl methyl sites for hydroxylation is 2. The van der Waals surface area contributed by atoms with Crippen LogP contribution in [0.15, 0.2) is 60.7 Å².